The zero-order valence-electron chi connectivity index (χ0n) is 16.5. The maximum atomic E-state index is 12.5. The van der Waals surface area contributed by atoms with Crippen molar-refractivity contribution in [2.45, 2.75) is 37.6 Å². The van der Waals surface area contributed by atoms with Crippen LogP contribution in [0.2, 0.25) is 0 Å². The van der Waals surface area contributed by atoms with Crippen molar-refractivity contribution in [3.63, 3.8) is 0 Å². The van der Waals surface area contributed by atoms with Crippen LogP contribution in [0.4, 0.5) is 5.69 Å². The van der Waals surface area contributed by atoms with Gasteiger partial charge in [0.05, 0.1) is 17.1 Å². The lowest BCUT2D eigenvalue weighted by Crippen LogP contribution is -2.37. The zero-order chi connectivity index (χ0) is 23.6. The van der Waals surface area contributed by atoms with Crippen LogP contribution < -0.4 is 10.4 Å². The number of para-hydroxylation sites is 1. The van der Waals surface area contributed by atoms with Gasteiger partial charge in [-0.1, -0.05) is 12.1 Å². The molecule has 1 aliphatic rings. The second kappa shape index (κ2) is 9.42. The molecule has 0 saturated carbocycles. The van der Waals surface area contributed by atoms with Gasteiger partial charge >= 0.3 is 13.5 Å². The van der Waals surface area contributed by atoms with Crippen LogP contribution in [0.5, 0.6) is 5.88 Å². The highest BCUT2D eigenvalue weighted by molar-refractivity contribution is 7.46. The Balaban J connectivity index is 1.81. The Morgan fingerprint density at radius 1 is 1.34 bits per heavy atom. The summed E-state index contributed by atoms with van der Waals surface area (Å²) in [6, 6.07) is 7.16. The van der Waals surface area contributed by atoms with Gasteiger partial charge in [0.1, 0.15) is 24.4 Å². The number of benzene rings is 1. The van der Waals surface area contributed by atoms with E-state index in [1.807, 2.05) is 0 Å². The number of phosphoric ester groups is 1. The first-order chi connectivity index (χ1) is 15.0. The molecule has 1 aromatic heterocycles. The smallest absolute Gasteiger partial charge is 0.469 e. The van der Waals surface area contributed by atoms with Gasteiger partial charge in [-0.15, -0.1) is 0 Å². The van der Waals surface area contributed by atoms with Crippen molar-refractivity contribution in [2.24, 2.45) is 0 Å². The maximum Gasteiger partial charge on any atom is 0.470 e. The summed E-state index contributed by atoms with van der Waals surface area (Å²) in [4.78, 5) is 44.8. The summed E-state index contributed by atoms with van der Waals surface area (Å²) in [6.07, 6.45) is -5.76. The summed E-state index contributed by atoms with van der Waals surface area (Å²) in [6.45, 7) is 0.796. The molecule has 174 valence electrons. The first-order valence-electron chi connectivity index (χ1n) is 9.19. The number of nitro benzene ring substituents is 1. The zero-order valence-corrected chi connectivity index (χ0v) is 17.4. The second-order valence-electron chi connectivity index (χ2n) is 6.83. The Morgan fingerprint density at radius 2 is 2.03 bits per heavy atom. The summed E-state index contributed by atoms with van der Waals surface area (Å²) in [5.74, 6) is -0.161. The van der Waals surface area contributed by atoms with Crippen molar-refractivity contribution in [1.82, 2.24) is 9.55 Å². The molecule has 2 heterocycles. The molecule has 0 radical (unpaired) electrons. The number of hydrogen-bond acceptors (Lipinski definition) is 10. The van der Waals surface area contributed by atoms with E-state index >= 15 is 0 Å². The lowest BCUT2D eigenvalue weighted by Gasteiger charge is -2.20. The Bertz CT molecular complexity index is 1090. The summed E-state index contributed by atoms with van der Waals surface area (Å²) in [5.41, 5.74) is -0.849. The average molecular weight is 473 g/mol. The maximum absolute atomic E-state index is 12.5. The second-order valence-corrected chi connectivity index (χ2v) is 8.02. The highest BCUT2D eigenvalue weighted by Gasteiger charge is 2.48. The Kier molecular flexibility index (Phi) is 7.05. The summed E-state index contributed by atoms with van der Waals surface area (Å²) >= 11 is 0. The topological polar surface area (TPSA) is 204 Å². The molecule has 1 aliphatic heterocycles. The van der Waals surface area contributed by atoms with Crippen molar-refractivity contribution in [1.29, 1.82) is 0 Å². The van der Waals surface area contributed by atoms with E-state index in [0.717, 1.165) is 10.8 Å². The number of phosphoric acid groups is 1. The van der Waals surface area contributed by atoms with Gasteiger partial charge in [-0.05, 0) is 13.0 Å². The quantitative estimate of drug-likeness (QED) is 0.228. The molecule has 0 aliphatic carbocycles. The molecule has 0 amide bonds. The van der Waals surface area contributed by atoms with E-state index < -0.39 is 55.7 Å². The fourth-order valence-electron chi connectivity index (χ4n) is 3.28. The SMILES string of the molecule is C[C@H](Oc1ccn([C@@H]2O[C@H](CO)[C@@H](OP(=O)(O)O)[C@H]2O)c(=O)n1)c1ccccc1[N+](=O)[O-]. The van der Waals surface area contributed by atoms with E-state index in [1.165, 1.54) is 31.2 Å². The number of nitro groups is 1. The molecule has 15 heteroatoms. The minimum Gasteiger partial charge on any atom is -0.469 e. The molecule has 32 heavy (non-hydrogen) atoms. The van der Waals surface area contributed by atoms with Crippen molar-refractivity contribution < 1.29 is 43.5 Å². The lowest BCUT2D eigenvalue weighted by atomic mass is 10.1. The standard InChI is InChI=1S/C17H20N3O11P/c1-9(10-4-2-3-5-11(10)20(24)25)29-13-6-7-19(17(23)18-13)16-14(22)15(12(8-21)30-16)31-32(26,27)28/h2-7,9,12,14-16,21-22H,8H2,1H3,(H2,26,27,28)/t9-,12+,14+,15+,16+/m0/s1. The number of rotatable bonds is 8. The van der Waals surface area contributed by atoms with Gasteiger partial charge in [0.2, 0.25) is 5.88 Å². The lowest BCUT2D eigenvalue weighted by molar-refractivity contribution is -0.386. The molecule has 5 atom stereocenters. The van der Waals surface area contributed by atoms with E-state index in [2.05, 4.69) is 9.51 Å². The van der Waals surface area contributed by atoms with Crippen LogP contribution in [0, 0.1) is 10.1 Å². The number of hydrogen-bond donors (Lipinski definition) is 4. The Morgan fingerprint density at radius 3 is 2.62 bits per heavy atom. The van der Waals surface area contributed by atoms with Crippen molar-refractivity contribution >= 4 is 13.5 Å². The van der Waals surface area contributed by atoms with Crippen molar-refractivity contribution in [3.8, 4) is 5.88 Å². The number of ether oxygens (including phenoxy) is 2. The molecule has 0 unspecified atom stereocenters. The van der Waals surface area contributed by atoms with Gasteiger partial charge in [0.25, 0.3) is 5.69 Å². The molecule has 0 bridgehead atoms. The van der Waals surface area contributed by atoms with Gasteiger partial charge in [-0.2, -0.15) is 4.98 Å². The molecule has 2 aromatic rings. The minimum absolute atomic E-state index is 0.161. The summed E-state index contributed by atoms with van der Waals surface area (Å²) in [5, 5.41) is 30.9. The minimum atomic E-state index is -5.02. The van der Waals surface area contributed by atoms with Crippen LogP contribution in [0.15, 0.2) is 41.3 Å². The van der Waals surface area contributed by atoms with Gasteiger partial charge < -0.3 is 29.5 Å². The molecule has 1 fully saturated rings. The van der Waals surface area contributed by atoms with Crippen LogP contribution >= 0.6 is 7.82 Å². The highest BCUT2D eigenvalue weighted by Crippen LogP contribution is 2.43. The fraction of sp³-hybridized carbons (Fsp3) is 0.412. The van der Waals surface area contributed by atoms with Gasteiger partial charge in [-0.3, -0.25) is 19.2 Å². The number of aromatic nitrogens is 2. The van der Waals surface area contributed by atoms with Crippen molar-refractivity contribution in [3.05, 3.63) is 62.7 Å². The van der Waals surface area contributed by atoms with Crippen LogP contribution in [0.1, 0.15) is 24.8 Å². The number of aliphatic hydroxyl groups excluding tert-OH is 2. The third-order valence-corrected chi connectivity index (χ3v) is 5.21. The third-order valence-electron chi connectivity index (χ3n) is 4.70. The van der Waals surface area contributed by atoms with Crippen LogP contribution in [0.3, 0.4) is 0 Å². The predicted molar refractivity (Wildman–Crippen MR) is 105 cm³/mol. The average Bonchev–Trinajstić information content (AvgIpc) is 3.02. The van der Waals surface area contributed by atoms with Gasteiger partial charge in [-0.25, -0.2) is 9.36 Å². The van der Waals surface area contributed by atoms with E-state index in [0.29, 0.717) is 0 Å². The first-order valence-corrected chi connectivity index (χ1v) is 10.7. The van der Waals surface area contributed by atoms with Crippen LogP contribution in [0.25, 0.3) is 0 Å². The van der Waals surface area contributed by atoms with Crippen LogP contribution in [-0.2, 0) is 13.8 Å². The molecule has 14 nitrogen and oxygen atoms in total. The molecule has 3 rings (SSSR count). The highest BCUT2D eigenvalue weighted by atomic mass is 31.2. The fourth-order valence-corrected chi connectivity index (χ4v) is 3.86. The normalized spacial score (nSPS) is 24.3. The van der Waals surface area contributed by atoms with Gasteiger partial charge in [0, 0.05) is 18.3 Å². The third kappa shape index (κ3) is 5.19. The molecule has 4 N–H and O–H groups in total. The van der Waals surface area contributed by atoms with E-state index in [9.17, 15) is 29.7 Å². The molecule has 1 aromatic carbocycles. The summed E-state index contributed by atoms with van der Waals surface area (Å²) in [7, 11) is -5.02. The Hall–Kier alpha value is -2.71. The largest absolute Gasteiger partial charge is 0.470 e. The number of nitrogens with zero attached hydrogens (tertiary/aromatic N) is 3. The predicted octanol–water partition coefficient (Wildman–Crippen LogP) is 0.0200. The molecule has 1 saturated heterocycles. The Labute approximate surface area is 180 Å². The van der Waals surface area contributed by atoms with E-state index in [1.54, 1.807) is 6.07 Å². The van der Waals surface area contributed by atoms with Crippen LogP contribution in [-0.4, -0.2) is 59.4 Å². The van der Waals surface area contributed by atoms with Gasteiger partial charge in [0.15, 0.2) is 6.23 Å². The van der Waals surface area contributed by atoms with E-state index in [-0.39, 0.29) is 17.1 Å². The monoisotopic (exact) mass is 473 g/mol. The first kappa shape index (κ1) is 23.9. The van der Waals surface area contributed by atoms with E-state index in [4.69, 9.17) is 19.3 Å². The number of aliphatic hydroxyl groups is 2. The molecule has 0 spiro atoms. The molecular formula is C17H20N3O11P. The molecular weight excluding hydrogens is 453 g/mol. The summed E-state index contributed by atoms with van der Waals surface area (Å²) < 4.78 is 27.3. The van der Waals surface area contributed by atoms with Crippen molar-refractivity contribution in [2.75, 3.05) is 6.61 Å².